The van der Waals surface area contributed by atoms with E-state index in [1.165, 1.54) is 57.2 Å². The van der Waals surface area contributed by atoms with E-state index in [2.05, 4.69) is 9.97 Å². The van der Waals surface area contributed by atoms with Crippen molar-refractivity contribution in [3.63, 3.8) is 0 Å². The number of hydrogen-bond acceptors (Lipinski definition) is 6. The minimum absolute atomic E-state index is 0.0215. The van der Waals surface area contributed by atoms with Crippen LogP contribution in [-0.2, 0) is 10.0 Å². The van der Waals surface area contributed by atoms with E-state index >= 15 is 0 Å². The second-order valence-electron chi connectivity index (χ2n) is 5.63. The van der Waals surface area contributed by atoms with Gasteiger partial charge in [0.15, 0.2) is 0 Å². The standard InChI is InChI=1S/C16H18N4O5S/c1-19(2)26(22,23)14-7-10(12(24-3)8-13(14)25-4)11-9-20-15(18-11)5-6-17-16(20)21/h5-9H,1-4H3,(H,17,21). The van der Waals surface area contributed by atoms with Gasteiger partial charge in [-0.1, -0.05) is 0 Å². The van der Waals surface area contributed by atoms with Crippen LogP contribution in [0, 0.1) is 0 Å². The van der Waals surface area contributed by atoms with Crippen molar-refractivity contribution in [2.75, 3.05) is 28.3 Å². The molecule has 26 heavy (non-hydrogen) atoms. The summed E-state index contributed by atoms with van der Waals surface area (Å²) >= 11 is 0. The number of sulfonamides is 1. The molecule has 9 nitrogen and oxygen atoms in total. The first kappa shape index (κ1) is 18.0. The molecular formula is C16H18N4O5S. The Morgan fingerprint density at radius 2 is 1.85 bits per heavy atom. The first-order valence-electron chi connectivity index (χ1n) is 7.55. The lowest BCUT2D eigenvalue weighted by Crippen LogP contribution is -2.23. The van der Waals surface area contributed by atoms with Gasteiger partial charge in [0.25, 0.3) is 0 Å². The van der Waals surface area contributed by atoms with Crippen molar-refractivity contribution in [1.29, 1.82) is 0 Å². The lowest BCUT2D eigenvalue weighted by Gasteiger charge is -2.17. The average molecular weight is 378 g/mol. The number of ether oxygens (including phenoxy) is 2. The highest BCUT2D eigenvalue weighted by Gasteiger charge is 2.26. The molecule has 0 bridgehead atoms. The number of imidazole rings is 1. The smallest absolute Gasteiger partial charge is 0.331 e. The lowest BCUT2D eigenvalue weighted by molar-refractivity contribution is 0.385. The maximum Gasteiger partial charge on any atom is 0.331 e. The van der Waals surface area contributed by atoms with Crippen LogP contribution < -0.4 is 15.2 Å². The molecular weight excluding hydrogens is 360 g/mol. The molecule has 2 aromatic heterocycles. The van der Waals surface area contributed by atoms with E-state index in [9.17, 15) is 13.2 Å². The van der Waals surface area contributed by atoms with Gasteiger partial charge in [-0.2, -0.15) is 0 Å². The van der Waals surface area contributed by atoms with E-state index in [1.54, 1.807) is 6.07 Å². The number of benzene rings is 1. The van der Waals surface area contributed by atoms with Gasteiger partial charge in [0.1, 0.15) is 22.0 Å². The van der Waals surface area contributed by atoms with Crippen molar-refractivity contribution < 1.29 is 17.9 Å². The fourth-order valence-corrected chi connectivity index (χ4v) is 3.59. The number of fused-ring (bicyclic) bond motifs is 1. The van der Waals surface area contributed by atoms with Gasteiger partial charge in [-0.25, -0.2) is 22.5 Å². The summed E-state index contributed by atoms with van der Waals surface area (Å²) in [5.41, 5.74) is 0.904. The van der Waals surface area contributed by atoms with Crippen molar-refractivity contribution in [1.82, 2.24) is 18.7 Å². The van der Waals surface area contributed by atoms with Gasteiger partial charge in [-0.15, -0.1) is 0 Å². The Morgan fingerprint density at radius 3 is 2.42 bits per heavy atom. The van der Waals surface area contributed by atoms with E-state index in [1.807, 2.05) is 0 Å². The molecule has 1 aromatic carbocycles. The molecule has 0 amide bonds. The van der Waals surface area contributed by atoms with Crippen LogP contribution in [0.25, 0.3) is 16.9 Å². The zero-order valence-corrected chi connectivity index (χ0v) is 15.5. The maximum absolute atomic E-state index is 12.6. The topological polar surface area (TPSA) is 106 Å². The molecule has 0 saturated heterocycles. The number of aromatic amines is 1. The van der Waals surface area contributed by atoms with E-state index in [0.717, 1.165) is 4.31 Å². The minimum Gasteiger partial charge on any atom is -0.496 e. The molecule has 0 saturated carbocycles. The van der Waals surface area contributed by atoms with Gasteiger partial charge in [0.2, 0.25) is 10.0 Å². The number of methoxy groups -OCH3 is 2. The summed E-state index contributed by atoms with van der Waals surface area (Å²) in [4.78, 5) is 18.8. The Balaban J connectivity index is 2.32. The van der Waals surface area contributed by atoms with Gasteiger partial charge < -0.3 is 14.5 Å². The lowest BCUT2D eigenvalue weighted by atomic mass is 10.1. The Kier molecular flexibility index (Phi) is 4.46. The van der Waals surface area contributed by atoms with Gasteiger partial charge in [0.05, 0.1) is 19.9 Å². The molecule has 3 aromatic rings. The first-order valence-corrected chi connectivity index (χ1v) is 8.99. The number of H-pyrrole nitrogens is 1. The molecule has 138 valence electrons. The zero-order valence-electron chi connectivity index (χ0n) is 14.7. The van der Waals surface area contributed by atoms with E-state index in [4.69, 9.17) is 9.47 Å². The van der Waals surface area contributed by atoms with Crippen LogP contribution in [0.15, 0.2) is 40.3 Å². The van der Waals surface area contributed by atoms with Crippen LogP contribution in [0.1, 0.15) is 0 Å². The quantitative estimate of drug-likeness (QED) is 0.709. The van der Waals surface area contributed by atoms with Gasteiger partial charge in [-0.05, 0) is 12.1 Å². The maximum atomic E-state index is 12.6. The molecule has 0 atom stereocenters. The molecule has 2 heterocycles. The number of rotatable bonds is 5. The number of nitrogens with zero attached hydrogens (tertiary/aromatic N) is 3. The van der Waals surface area contributed by atoms with Crippen LogP contribution in [0.3, 0.4) is 0 Å². The van der Waals surface area contributed by atoms with Crippen LogP contribution in [0.2, 0.25) is 0 Å². The Hall–Kier alpha value is -2.85. The normalized spacial score (nSPS) is 11.9. The summed E-state index contributed by atoms with van der Waals surface area (Å²) in [7, 11) is 1.95. The molecule has 0 aliphatic heterocycles. The predicted octanol–water partition coefficient (Wildman–Crippen LogP) is 0.957. The molecule has 0 spiro atoms. The minimum atomic E-state index is -3.76. The second kappa shape index (κ2) is 6.46. The van der Waals surface area contributed by atoms with Gasteiger partial charge in [-0.3, -0.25) is 4.40 Å². The number of nitrogens with one attached hydrogen (secondary N) is 1. The predicted molar refractivity (Wildman–Crippen MR) is 95.2 cm³/mol. The van der Waals surface area contributed by atoms with Crippen molar-refractivity contribution in [2.24, 2.45) is 0 Å². The van der Waals surface area contributed by atoms with Crippen molar-refractivity contribution in [3.8, 4) is 22.8 Å². The van der Waals surface area contributed by atoms with Crippen molar-refractivity contribution in [2.45, 2.75) is 4.90 Å². The Morgan fingerprint density at radius 1 is 1.15 bits per heavy atom. The van der Waals surface area contributed by atoms with E-state index < -0.39 is 10.0 Å². The third kappa shape index (κ3) is 2.82. The number of aromatic nitrogens is 3. The number of hydrogen-bond donors (Lipinski definition) is 1. The third-order valence-electron chi connectivity index (χ3n) is 3.91. The fraction of sp³-hybridized carbons (Fsp3) is 0.250. The van der Waals surface area contributed by atoms with Crippen molar-refractivity contribution in [3.05, 3.63) is 41.1 Å². The van der Waals surface area contributed by atoms with Crippen molar-refractivity contribution >= 4 is 15.7 Å². The van der Waals surface area contributed by atoms with Crippen LogP contribution in [0.5, 0.6) is 11.5 Å². The average Bonchev–Trinajstić information content (AvgIpc) is 3.05. The highest BCUT2D eigenvalue weighted by atomic mass is 32.2. The summed E-state index contributed by atoms with van der Waals surface area (Å²) in [6.45, 7) is 0. The van der Waals surface area contributed by atoms with Crippen LogP contribution >= 0.6 is 0 Å². The summed E-state index contributed by atoms with van der Waals surface area (Å²) in [5, 5.41) is 0. The second-order valence-corrected chi connectivity index (χ2v) is 7.75. The molecule has 1 N–H and O–H groups in total. The molecule has 3 rings (SSSR count). The van der Waals surface area contributed by atoms with E-state index in [0.29, 0.717) is 22.7 Å². The van der Waals surface area contributed by atoms with E-state index in [-0.39, 0.29) is 16.3 Å². The highest BCUT2D eigenvalue weighted by Crippen LogP contribution is 2.38. The first-order chi connectivity index (χ1) is 12.3. The summed E-state index contributed by atoms with van der Waals surface area (Å²) in [5.74, 6) is 0.528. The Labute approximate surface area is 149 Å². The summed E-state index contributed by atoms with van der Waals surface area (Å²) < 4.78 is 38.3. The largest absolute Gasteiger partial charge is 0.496 e. The molecule has 0 aliphatic rings. The molecule has 10 heteroatoms. The zero-order chi connectivity index (χ0) is 19.1. The van der Waals surface area contributed by atoms with Crippen LogP contribution in [0.4, 0.5) is 0 Å². The molecule has 0 aliphatic carbocycles. The summed E-state index contributed by atoms with van der Waals surface area (Å²) in [6.07, 6.45) is 3.01. The van der Waals surface area contributed by atoms with Gasteiger partial charge >= 0.3 is 5.69 Å². The Bertz CT molecular complexity index is 1130. The molecule has 0 radical (unpaired) electrons. The molecule has 0 fully saturated rings. The fourth-order valence-electron chi connectivity index (χ4n) is 2.53. The van der Waals surface area contributed by atoms with Gasteiger partial charge in [0, 0.05) is 38.1 Å². The molecule has 0 unspecified atom stereocenters. The SMILES string of the molecule is COc1cc(OC)c(S(=O)(=O)N(C)C)cc1-c1cn2c(=O)[nH]ccc2n1. The monoisotopic (exact) mass is 378 g/mol. The third-order valence-corrected chi connectivity index (χ3v) is 5.75. The van der Waals surface area contributed by atoms with Crippen LogP contribution in [-0.4, -0.2) is 55.4 Å². The summed E-state index contributed by atoms with van der Waals surface area (Å²) in [6, 6.07) is 4.56. The highest BCUT2D eigenvalue weighted by molar-refractivity contribution is 7.89.